The molecule has 31 heavy (non-hydrogen) atoms. The first-order valence-corrected chi connectivity index (χ1v) is 10.1. The van der Waals surface area contributed by atoms with Gasteiger partial charge in [0.1, 0.15) is 42.4 Å². The summed E-state index contributed by atoms with van der Waals surface area (Å²) in [7, 11) is 0. The number of hydrogen-bond donors (Lipinski definition) is 6. The molecule has 0 aliphatic carbocycles. The molecule has 6 atom stereocenters. The first kappa shape index (κ1) is 21.6. The summed E-state index contributed by atoms with van der Waals surface area (Å²) in [4.78, 5) is 4.13. The fourth-order valence-corrected chi connectivity index (χ4v) is 4.22. The van der Waals surface area contributed by atoms with Crippen molar-refractivity contribution in [2.24, 2.45) is 0 Å². The predicted molar refractivity (Wildman–Crippen MR) is 115 cm³/mol. The van der Waals surface area contributed by atoms with Crippen LogP contribution in [0.1, 0.15) is 17.2 Å². The summed E-state index contributed by atoms with van der Waals surface area (Å²) in [6.45, 7) is 1.28. The number of fused-ring (bicyclic) bond motifs is 1. The number of nitrogens with zero attached hydrogens (tertiary/aromatic N) is 1. The predicted octanol–water partition coefficient (Wildman–Crippen LogP) is 0.668. The number of nitrogen functional groups attached to an aromatic ring is 1. The van der Waals surface area contributed by atoms with E-state index >= 15 is 0 Å². The first-order valence-electron chi connectivity index (χ1n) is 10.1. The van der Waals surface area contributed by atoms with Crippen LogP contribution in [0.5, 0.6) is 0 Å². The Morgan fingerprint density at radius 2 is 1.81 bits per heavy atom. The number of pyridine rings is 1. The fraction of sp³-hybridized carbons (Fsp3) is 0.348. The maximum absolute atomic E-state index is 10.9. The Hall–Kier alpha value is -2.59. The number of aromatic nitrogens is 1. The molecule has 8 nitrogen and oxygen atoms in total. The lowest BCUT2D eigenvalue weighted by molar-refractivity contribution is -0.250. The third-order valence-electron chi connectivity index (χ3n) is 5.98. The van der Waals surface area contributed by atoms with Crippen LogP contribution in [-0.2, 0) is 4.74 Å². The van der Waals surface area contributed by atoms with Crippen LogP contribution in [-0.4, -0.2) is 67.6 Å². The van der Waals surface area contributed by atoms with Crippen LogP contribution >= 0.6 is 0 Å². The number of nitrogens with two attached hydrogens (primary N) is 1. The van der Waals surface area contributed by atoms with E-state index in [0.717, 1.165) is 27.5 Å². The van der Waals surface area contributed by atoms with Gasteiger partial charge in [0.2, 0.25) is 0 Å². The smallest absolute Gasteiger partial charge is 0.131 e. The molecule has 0 unspecified atom stereocenters. The zero-order valence-electron chi connectivity index (χ0n) is 17.0. The minimum atomic E-state index is -1.54. The molecule has 0 bridgehead atoms. The Morgan fingerprint density at radius 3 is 2.52 bits per heavy atom. The van der Waals surface area contributed by atoms with Gasteiger partial charge in [0.05, 0.1) is 6.61 Å². The summed E-state index contributed by atoms with van der Waals surface area (Å²) >= 11 is 0. The summed E-state index contributed by atoms with van der Waals surface area (Å²) in [6, 6.07) is 13.2. The second-order valence-electron chi connectivity index (χ2n) is 7.91. The number of aliphatic hydroxyl groups is 5. The second-order valence-corrected chi connectivity index (χ2v) is 7.91. The van der Waals surface area contributed by atoms with Gasteiger partial charge >= 0.3 is 0 Å². The Bertz CT molecular complexity index is 1090. The van der Waals surface area contributed by atoms with Crippen LogP contribution in [0, 0.1) is 6.92 Å². The zero-order chi connectivity index (χ0) is 22.3. The highest BCUT2D eigenvalue weighted by atomic mass is 16.6. The van der Waals surface area contributed by atoms with Gasteiger partial charge in [0, 0.05) is 11.6 Å². The van der Waals surface area contributed by atoms with Crippen LogP contribution in [0.2, 0.25) is 0 Å². The van der Waals surface area contributed by atoms with Crippen molar-refractivity contribution in [2.75, 3.05) is 12.3 Å². The van der Waals surface area contributed by atoms with Crippen molar-refractivity contribution in [3.8, 4) is 11.1 Å². The molecule has 1 saturated heterocycles. The Morgan fingerprint density at radius 1 is 1.03 bits per heavy atom. The second kappa shape index (κ2) is 8.51. The van der Waals surface area contributed by atoms with E-state index in [2.05, 4.69) is 4.98 Å². The lowest BCUT2D eigenvalue weighted by Gasteiger charge is -2.42. The van der Waals surface area contributed by atoms with Crippen LogP contribution in [0.3, 0.4) is 0 Å². The summed E-state index contributed by atoms with van der Waals surface area (Å²) < 4.78 is 5.51. The summed E-state index contributed by atoms with van der Waals surface area (Å²) in [5.41, 5.74) is 9.13. The summed E-state index contributed by atoms with van der Waals surface area (Å²) in [5, 5.41) is 52.4. The van der Waals surface area contributed by atoms with Gasteiger partial charge in [-0.3, -0.25) is 0 Å². The van der Waals surface area contributed by atoms with E-state index in [9.17, 15) is 25.5 Å². The average Bonchev–Trinajstić information content (AvgIpc) is 2.77. The molecule has 4 rings (SSSR count). The molecule has 1 aliphatic heterocycles. The number of hydrogen-bond acceptors (Lipinski definition) is 8. The van der Waals surface area contributed by atoms with Crippen molar-refractivity contribution in [3.63, 3.8) is 0 Å². The minimum Gasteiger partial charge on any atom is -0.394 e. The van der Waals surface area contributed by atoms with Gasteiger partial charge < -0.3 is 36.0 Å². The molecule has 7 N–H and O–H groups in total. The van der Waals surface area contributed by atoms with Crippen LogP contribution in [0.15, 0.2) is 48.7 Å². The third-order valence-corrected chi connectivity index (χ3v) is 5.98. The number of rotatable bonds is 4. The lowest BCUT2D eigenvalue weighted by Crippen LogP contribution is -2.59. The molecule has 2 aromatic carbocycles. The Balaban J connectivity index is 1.68. The molecule has 1 fully saturated rings. The van der Waals surface area contributed by atoms with Gasteiger partial charge in [-0.05, 0) is 40.6 Å². The quantitative estimate of drug-likeness (QED) is 0.356. The van der Waals surface area contributed by atoms with Crippen LogP contribution in [0.25, 0.3) is 21.9 Å². The fourth-order valence-electron chi connectivity index (χ4n) is 4.22. The van der Waals surface area contributed by atoms with Crippen molar-refractivity contribution < 1.29 is 30.3 Å². The molecular weight excluding hydrogens is 400 g/mol. The molecule has 0 radical (unpaired) electrons. The maximum Gasteiger partial charge on any atom is 0.131 e. The van der Waals surface area contributed by atoms with Crippen molar-refractivity contribution >= 4 is 16.6 Å². The largest absolute Gasteiger partial charge is 0.394 e. The molecule has 2 heterocycles. The zero-order valence-corrected chi connectivity index (χ0v) is 17.0. The van der Waals surface area contributed by atoms with E-state index < -0.39 is 43.2 Å². The molecule has 8 heteroatoms. The molecule has 0 spiro atoms. The van der Waals surface area contributed by atoms with E-state index in [-0.39, 0.29) is 0 Å². The van der Waals surface area contributed by atoms with E-state index in [1.807, 2.05) is 43.3 Å². The van der Waals surface area contributed by atoms with E-state index in [1.165, 1.54) is 0 Å². The lowest BCUT2D eigenvalue weighted by atomic mass is 9.87. The average molecular weight is 426 g/mol. The SMILES string of the molecule is Cc1cc(-c2cccc3c(N)nccc23)ccc1[C@@H](O)[C@H]1O[C@H](CO)[C@@H](O)[C@H](O)[C@@H]1O. The summed E-state index contributed by atoms with van der Waals surface area (Å²) in [6.07, 6.45) is -6.42. The Kier molecular flexibility index (Phi) is 5.94. The van der Waals surface area contributed by atoms with Crippen molar-refractivity contribution in [1.82, 2.24) is 4.98 Å². The monoisotopic (exact) mass is 426 g/mol. The van der Waals surface area contributed by atoms with Gasteiger partial charge in [-0.15, -0.1) is 0 Å². The molecule has 1 aliphatic rings. The van der Waals surface area contributed by atoms with Gasteiger partial charge in [-0.25, -0.2) is 4.98 Å². The highest BCUT2D eigenvalue weighted by molar-refractivity contribution is 6.01. The van der Waals surface area contributed by atoms with Gasteiger partial charge in [0.25, 0.3) is 0 Å². The number of ether oxygens (including phenoxy) is 1. The van der Waals surface area contributed by atoms with Crippen molar-refractivity contribution in [3.05, 3.63) is 59.8 Å². The van der Waals surface area contributed by atoms with Gasteiger partial charge in [-0.1, -0.05) is 36.4 Å². The van der Waals surface area contributed by atoms with Gasteiger partial charge in [-0.2, -0.15) is 0 Å². The topological polar surface area (TPSA) is 149 Å². The van der Waals surface area contributed by atoms with Crippen molar-refractivity contribution in [1.29, 1.82) is 0 Å². The number of anilines is 1. The molecule has 1 aromatic heterocycles. The highest BCUT2D eigenvalue weighted by Gasteiger charge is 2.46. The standard InChI is InChI=1S/C23H26N2O6/c1-11-9-12(14-3-2-4-16-15(14)7-8-25-23(16)24)5-6-13(11)18(27)22-21(30)20(29)19(28)17(10-26)31-22/h2-9,17-22,26-30H,10H2,1H3,(H2,24,25)/t17-,18-,19-,20+,21+,22-/m1/s1. The van der Waals surface area contributed by atoms with Crippen LogP contribution < -0.4 is 5.73 Å². The number of benzene rings is 2. The molecule has 164 valence electrons. The van der Waals surface area contributed by atoms with E-state index in [4.69, 9.17) is 10.5 Å². The van der Waals surface area contributed by atoms with Crippen molar-refractivity contribution in [2.45, 2.75) is 43.5 Å². The molecular formula is C23H26N2O6. The number of aryl methyl sites for hydroxylation is 1. The third kappa shape index (κ3) is 3.78. The van der Waals surface area contributed by atoms with E-state index in [1.54, 1.807) is 12.3 Å². The highest BCUT2D eigenvalue weighted by Crippen LogP contribution is 2.35. The first-order chi connectivity index (χ1) is 14.8. The van der Waals surface area contributed by atoms with E-state index in [0.29, 0.717) is 11.4 Å². The molecule has 3 aromatic rings. The summed E-state index contributed by atoms with van der Waals surface area (Å²) in [5.74, 6) is 0.450. The molecule has 0 saturated carbocycles. The Labute approximate surface area is 179 Å². The van der Waals surface area contributed by atoms with Crippen LogP contribution in [0.4, 0.5) is 5.82 Å². The normalized spacial score (nSPS) is 27.4. The maximum atomic E-state index is 10.9. The van der Waals surface area contributed by atoms with Gasteiger partial charge in [0.15, 0.2) is 0 Å². The number of aliphatic hydroxyl groups excluding tert-OH is 5. The molecule has 0 amide bonds. The minimum absolute atomic E-state index is 0.450.